The highest BCUT2D eigenvalue weighted by Gasteiger charge is 2.64. The summed E-state index contributed by atoms with van der Waals surface area (Å²) in [6, 6.07) is 0. The van der Waals surface area contributed by atoms with Gasteiger partial charge in [-0.2, -0.15) is 0 Å². The van der Waals surface area contributed by atoms with Crippen LogP contribution in [0.1, 0.15) is 93.4 Å². The van der Waals surface area contributed by atoms with E-state index in [1.54, 1.807) is 0 Å². The van der Waals surface area contributed by atoms with Crippen LogP contribution in [-0.2, 0) is 19.1 Å². The number of allylic oxidation sites excluding steroid dienone is 3. The molecule has 0 aromatic rings. The molecule has 4 nitrogen and oxygen atoms in total. The number of carbonyl (C=O) groups excluding carboxylic acids is 3. The third kappa shape index (κ3) is 4.48. The van der Waals surface area contributed by atoms with Crippen molar-refractivity contribution in [1.82, 2.24) is 0 Å². The van der Waals surface area contributed by atoms with E-state index in [-0.39, 0.29) is 52.2 Å². The van der Waals surface area contributed by atoms with Crippen LogP contribution < -0.4 is 0 Å². The van der Waals surface area contributed by atoms with Crippen LogP contribution in [-0.4, -0.2) is 23.6 Å². The molecule has 0 spiro atoms. The molecule has 0 aromatic heterocycles. The number of Topliss-reactive ketones (excluding diaryl/α,β-unsaturated/α-hetero) is 1. The summed E-state index contributed by atoms with van der Waals surface area (Å²) >= 11 is 0. The van der Waals surface area contributed by atoms with Gasteiger partial charge in [-0.25, -0.2) is 0 Å². The van der Waals surface area contributed by atoms with Crippen molar-refractivity contribution < 1.29 is 19.1 Å². The number of hydrogen-bond acceptors (Lipinski definition) is 4. The van der Waals surface area contributed by atoms with Crippen LogP contribution in [0.4, 0.5) is 0 Å². The van der Waals surface area contributed by atoms with Crippen molar-refractivity contribution in [3.63, 3.8) is 0 Å². The van der Waals surface area contributed by atoms with Crippen molar-refractivity contribution in [2.24, 2.45) is 52.3 Å². The molecule has 4 heteroatoms. The number of carbonyl (C=O) groups is 3. The minimum atomic E-state index is -0.289. The molecule has 0 N–H and O–H groups in total. The lowest BCUT2D eigenvalue weighted by molar-refractivity contribution is -0.156. The van der Waals surface area contributed by atoms with Gasteiger partial charge < -0.3 is 4.74 Å². The zero-order valence-corrected chi connectivity index (χ0v) is 22.9. The molecule has 35 heavy (non-hydrogen) atoms. The van der Waals surface area contributed by atoms with Gasteiger partial charge in [-0.3, -0.25) is 14.4 Å². The Morgan fingerprint density at radius 3 is 2.49 bits per heavy atom. The molecule has 3 fully saturated rings. The van der Waals surface area contributed by atoms with Gasteiger partial charge in [0.25, 0.3) is 0 Å². The molecule has 4 aliphatic rings. The molecule has 3 saturated carbocycles. The molecule has 0 heterocycles. The lowest BCUT2D eigenvalue weighted by Crippen LogP contribution is -2.57. The number of rotatable bonds is 6. The Hall–Kier alpha value is -1.71. The monoisotopic (exact) mass is 482 g/mol. The van der Waals surface area contributed by atoms with Crippen LogP contribution in [0.3, 0.4) is 0 Å². The lowest BCUT2D eigenvalue weighted by atomic mass is 9.46. The Morgan fingerprint density at radius 1 is 1.14 bits per heavy atom. The zero-order valence-electron chi connectivity index (χ0n) is 22.9. The van der Waals surface area contributed by atoms with Crippen LogP contribution in [0.2, 0.25) is 0 Å². The Bertz CT molecular complexity index is 928. The molecule has 0 bridgehead atoms. The summed E-state index contributed by atoms with van der Waals surface area (Å²) in [5.41, 5.74) is 0.625. The molecule has 194 valence electrons. The van der Waals surface area contributed by atoms with Gasteiger partial charge in [0, 0.05) is 31.6 Å². The van der Waals surface area contributed by atoms with E-state index in [4.69, 9.17) is 4.74 Å². The van der Waals surface area contributed by atoms with Gasteiger partial charge >= 0.3 is 5.97 Å². The fourth-order valence-corrected chi connectivity index (χ4v) is 8.71. The number of ketones is 2. The summed E-state index contributed by atoms with van der Waals surface area (Å²) < 4.78 is 5.49. The topological polar surface area (TPSA) is 60.4 Å². The van der Waals surface area contributed by atoms with E-state index < -0.39 is 0 Å². The quantitative estimate of drug-likeness (QED) is 0.311. The first-order chi connectivity index (χ1) is 16.4. The summed E-state index contributed by atoms with van der Waals surface area (Å²) in [5.74, 6) is 2.07. The molecule has 0 radical (unpaired) electrons. The summed E-state index contributed by atoms with van der Waals surface area (Å²) in [6.45, 7) is 15.1. The van der Waals surface area contributed by atoms with Crippen LogP contribution in [0.5, 0.6) is 0 Å². The zero-order chi connectivity index (χ0) is 25.7. The smallest absolute Gasteiger partial charge is 0.302 e. The normalized spacial score (nSPS) is 40.7. The number of esters is 1. The maximum absolute atomic E-state index is 13.9. The Morgan fingerprint density at radius 2 is 1.86 bits per heavy atom. The first kappa shape index (κ1) is 26.4. The third-order valence-electron chi connectivity index (χ3n) is 10.6. The molecule has 4 aliphatic carbocycles. The molecule has 0 saturated heterocycles. The van der Waals surface area contributed by atoms with Crippen LogP contribution in [0.15, 0.2) is 23.8 Å². The van der Waals surface area contributed by atoms with Gasteiger partial charge in [-0.15, -0.1) is 0 Å². The van der Waals surface area contributed by atoms with Crippen molar-refractivity contribution in [2.45, 2.75) is 99.5 Å². The van der Waals surface area contributed by atoms with Crippen molar-refractivity contribution >= 4 is 17.5 Å². The van der Waals surface area contributed by atoms with E-state index in [1.165, 1.54) is 6.92 Å². The molecular formula is C31H46O4. The molecule has 9 atom stereocenters. The molecule has 0 aromatic carbocycles. The van der Waals surface area contributed by atoms with Gasteiger partial charge in [-0.1, -0.05) is 59.3 Å². The molecular weight excluding hydrogens is 436 g/mol. The van der Waals surface area contributed by atoms with Gasteiger partial charge in [0.1, 0.15) is 11.9 Å². The largest absolute Gasteiger partial charge is 0.462 e. The van der Waals surface area contributed by atoms with Crippen LogP contribution >= 0.6 is 0 Å². The van der Waals surface area contributed by atoms with Crippen LogP contribution in [0, 0.1) is 52.3 Å². The third-order valence-corrected chi connectivity index (χ3v) is 10.6. The fraction of sp³-hybridized carbons (Fsp3) is 0.774. The standard InChI is InChI=1S/C31H46O4/c1-8-21(18(2)3)10-9-19(4)24-11-12-25-28-26(33)16-22-15-23(35-20(5)32)13-14-30(22,6)29(28)27(34)17-31(24,25)7/h9-10,16,18-19,21,23-25,28-29H,8,11-15,17H2,1-7H3/t19-,21-,23+,24-,25+,28-,29+,30+,31-/m1/s1. The predicted octanol–water partition coefficient (Wildman–Crippen LogP) is 6.73. The predicted molar refractivity (Wildman–Crippen MR) is 138 cm³/mol. The fourth-order valence-electron chi connectivity index (χ4n) is 8.71. The highest BCUT2D eigenvalue weighted by atomic mass is 16.5. The Labute approximate surface area is 212 Å². The lowest BCUT2D eigenvalue weighted by Gasteiger charge is -2.56. The summed E-state index contributed by atoms with van der Waals surface area (Å²) in [7, 11) is 0. The van der Waals surface area contributed by atoms with Crippen molar-refractivity contribution in [3.8, 4) is 0 Å². The van der Waals surface area contributed by atoms with Crippen molar-refractivity contribution in [1.29, 1.82) is 0 Å². The molecule has 4 rings (SSSR count). The van der Waals surface area contributed by atoms with E-state index >= 15 is 0 Å². The number of fused-ring (bicyclic) bond motifs is 5. The number of hydrogen-bond donors (Lipinski definition) is 0. The molecule has 0 aliphatic heterocycles. The van der Waals surface area contributed by atoms with Crippen molar-refractivity contribution in [2.75, 3.05) is 0 Å². The highest BCUT2D eigenvalue weighted by molar-refractivity contribution is 6.00. The van der Waals surface area contributed by atoms with E-state index in [1.807, 2.05) is 6.08 Å². The van der Waals surface area contributed by atoms with Gasteiger partial charge in [-0.05, 0) is 78.6 Å². The summed E-state index contributed by atoms with van der Waals surface area (Å²) in [5, 5.41) is 0. The maximum Gasteiger partial charge on any atom is 0.302 e. The van der Waals surface area contributed by atoms with E-state index in [0.717, 1.165) is 37.7 Å². The summed E-state index contributed by atoms with van der Waals surface area (Å²) in [6.07, 6.45) is 12.5. The molecule has 0 amide bonds. The van der Waals surface area contributed by atoms with Gasteiger partial charge in [0.2, 0.25) is 0 Å². The van der Waals surface area contributed by atoms with Crippen LogP contribution in [0.25, 0.3) is 0 Å². The van der Waals surface area contributed by atoms with E-state index in [0.29, 0.717) is 36.5 Å². The number of ether oxygens (including phenoxy) is 1. The molecule has 0 unspecified atom stereocenters. The van der Waals surface area contributed by atoms with Gasteiger partial charge in [0.05, 0.1) is 0 Å². The summed E-state index contributed by atoms with van der Waals surface area (Å²) in [4.78, 5) is 39.1. The second-order valence-corrected chi connectivity index (χ2v) is 13.0. The van der Waals surface area contributed by atoms with Crippen molar-refractivity contribution in [3.05, 3.63) is 23.8 Å². The Balaban J connectivity index is 1.60. The van der Waals surface area contributed by atoms with E-state index in [9.17, 15) is 14.4 Å². The van der Waals surface area contributed by atoms with Gasteiger partial charge in [0.15, 0.2) is 5.78 Å². The minimum Gasteiger partial charge on any atom is -0.462 e. The average molecular weight is 483 g/mol. The minimum absolute atomic E-state index is 0.117. The first-order valence-corrected chi connectivity index (χ1v) is 14.1. The SMILES string of the molecule is CC[C@H](C=C[C@@H](C)[C@H]1CC[C@H]2[C@@H]3C(=O)C=C4C[C@@H](OC(C)=O)CC[C@]4(C)[C@H]3C(=O)C[C@]12C)C(C)C. The Kier molecular flexibility index (Phi) is 7.25. The second kappa shape index (κ2) is 9.63. The first-order valence-electron chi connectivity index (χ1n) is 14.1. The average Bonchev–Trinajstić information content (AvgIpc) is 3.10. The highest BCUT2D eigenvalue weighted by Crippen LogP contribution is 2.65. The van der Waals surface area contributed by atoms with E-state index in [2.05, 4.69) is 53.7 Å². The second-order valence-electron chi connectivity index (χ2n) is 13.0. The maximum atomic E-state index is 13.9.